The van der Waals surface area contributed by atoms with Crippen LogP contribution in [0.5, 0.6) is 5.75 Å². The topological polar surface area (TPSA) is 77.5 Å². The molecule has 27 heavy (non-hydrogen) atoms. The first-order chi connectivity index (χ1) is 13.1. The van der Waals surface area contributed by atoms with Crippen molar-refractivity contribution in [2.75, 3.05) is 12.4 Å². The number of carbonyl (C=O) groups is 2. The molecule has 0 aliphatic rings. The number of hydrogen-bond donors (Lipinski definition) is 1. The molecule has 0 bridgehead atoms. The lowest BCUT2D eigenvalue weighted by Gasteiger charge is -2.05. The van der Waals surface area contributed by atoms with Crippen LogP contribution in [-0.2, 0) is 22.6 Å². The summed E-state index contributed by atoms with van der Waals surface area (Å²) < 4.78 is 10.3. The van der Waals surface area contributed by atoms with E-state index >= 15 is 0 Å². The van der Waals surface area contributed by atoms with Crippen LogP contribution in [0.3, 0.4) is 0 Å². The van der Waals surface area contributed by atoms with Crippen molar-refractivity contribution >= 4 is 28.9 Å². The summed E-state index contributed by atoms with van der Waals surface area (Å²) in [7, 11) is 1.34. The van der Waals surface area contributed by atoms with Crippen LogP contribution >= 0.6 is 11.3 Å². The van der Waals surface area contributed by atoms with Crippen molar-refractivity contribution in [1.82, 2.24) is 4.98 Å². The lowest BCUT2D eigenvalue weighted by molar-refractivity contribution is -0.115. The monoisotopic (exact) mass is 382 g/mol. The van der Waals surface area contributed by atoms with Gasteiger partial charge in [-0.3, -0.25) is 4.79 Å². The zero-order chi connectivity index (χ0) is 19.1. The average Bonchev–Trinajstić information content (AvgIpc) is 3.14. The Bertz CT molecular complexity index is 907. The molecule has 0 spiro atoms. The summed E-state index contributed by atoms with van der Waals surface area (Å²) in [6.45, 7) is 0.286. The van der Waals surface area contributed by atoms with Gasteiger partial charge in [0, 0.05) is 11.1 Å². The molecule has 3 rings (SSSR count). The summed E-state index contributed by atoms with van der Waals surface area (Å²) in [6.07, 6.45) is 0.216. The molecular formula is C20H18N2O4S. The van der Waals surface area contributed by atoms with E-state index in [1.807, 2.05) is 35.7 Å². The van der Waals surface area contributed by atoms with Gasteiger partial charge in [0.15, 0.2) is 0 Å². The van der Waals surface area contributed by atoms with Crippen molar-refractivity contribution in [2.45, 2.75) is 13.0 Å². The molecule has 1 aromatic heterocycles. The van der Waals surface area contributed by atoms with Gasteiger partial charge in [-0.25, -0.2) is 9.78 Å². The molecule has 7 heteroatoms. The number of rotatable bonds is 7. The van der Waals surface area contributed by atoms with Crippen molar-refractivity contribution in [3.05, 3.63) is 76.2 Å². The number of amides is 1. The van der Waals surface area contributed by atoms with Gasteiger partial charge in [-0.15, -0.1) is 11.3 Å². The van der Waals surface area contributed by atoms with Gasteiger partial charge in [-0.1, -0.05) is 18.2 Å². The Morgan fingerprint density at radius 2 is 1.81 bits per heavy atom. The Morgan fingerprint density at radius 3 is 2.52 bits per heavy atom. The number of esters is 1. The first-order valence-electron chi connectivity index (χ1n) is 8.23. The van der Waals surface area contributed by atoms with Gasteiger partial charge < -0.3 is 14.8 Å². The van der Waals surface area contributed by atoms with Crippen LogP contribution in [-0.4, -0.2) is 24.0 Å². The lowest BCUT2D eigenvalue weighted by Crippen LogP contribution is -2.14. The number of hydrogen-bond acceptors (Lipinski definition) is 6. The fourth-order valence-corrected chi connectivity index (χ4v) is 3.10. The zero-order valence-corrected chi connectivity index (χ0v) is 15.5. The molecule has 3 aromatic rings. The molecule has 0 saturated heterocycles. The van der Waals surface area contributed by atoms with Crippen LogP contribution in [0.25, 0.3) is 0 Å². The summed E-state index contributed by atoms with van der Waals surface area (Å²) in [5.41, 5.74) is 1.97. The van der Waals surface area contributed by atoms with E-state index in [-0.39, 0.29) is 24.9 Å². The van der Waals surface area contributed by atoms with Crippen molar-refractivity contribution in [3.8, 4) is 5.75 Å². The molecule has 0 unspecified atom stereocenters. The standard InChI is InChI=1S/C20H18N2O4S/c1-25-20(24)14-7-9-17(10-8-14)26-12-16-13-27-19(22-16)11-18(23)21-15-5-3-2-4-6-15/h2-10,13H,11-12H2,1H3,(H,21,23). The summed E-state index contributed by atoms with van der Waals surface area (Å²) in [4.78, 5) is 27.9. The van der Waals surface area contributed by atoms with Gasteiger partial charge in [0.25, 0.3) is 0 Å². The van der Waals surface area contributed by atoms with Crippen LogP contribution in [0.15, 0.2) is 60.0 Å². The van der Waals surface area contributed by atoms with Gasteiger partial charge >= 0.3 is 5.97 Å². The maximum absolute atomic E-state index is 12.1. The fourth-order valence-electron chi connectivity index (χ4n) is 2.32. The third-order valence-electron chi connectivity index (χ3n) is 3.63. The van der Waals surface area contributed by atoms with Crippen LogP contribution < -0.4 is 10.1 Å². The number of thiazole rings is 1. The minimum atomic E-state index is -0.389. The zero-order valence-electron chi connectivity index (χ0n) is 14.7. The van der Waals surface area contributed by atoms with E-state index in [2.05, 4.69) is 15.0 Å². The van der Waals surface area contributed by atoms with Crippen molar-refractivity contribution in [1.29, 1.82) is 0 Å². The average molecular weight is 382 g/mol. The van der Waals surface area contributed by atoms with Gasteiger partial charge in [-0.05, 0) is 36.4 Å². The van der Waals surface area contributed by atoms with Crippen LogP contribution in [0.4, 0.5) is 5.69 Å². The molecule has 1 amide bonds. The molecule has 0 atom stereocenters. The Morgan fingerprint density at radius 1 is 1.07 bits per heavy atom. The summed E-state index contributed by atoms with van der Waals surface area (Å²) in [6, 6.07) is 16.0. The highest BCUT2D eigenvalue weighted by Crippen LogP contribution is 2.17. The second-order valence-corrected chi connectivity index (χ2v) is 6.57. The first kappa shape index (κ1) is 18.6. The van der Waals surface area contributed by atoms with E-state index in [0.29, 0.717) is 11.3 Å². The molecule has 138 valence electrons. The van der Waals surface area contributed by atoms with Crippen LogP contribution in [0.2, 0.25) is 0 Å². The number of benzene rings is 2. The minimum Gasteiger partial charge on any atom is -0.487 e. The normalized spacial score (nSPS) is 10.3. The minimum absolute atomic E-state index is 0.110. The van der Waals surface area contributed by atoms with Gasteiger partial charge in [0.05, 0.1) is 24.8 Å². The summed E-state index contributed by atoms with van der Waals surface area (Å²) in [5, 5.41) is 5.43. The molecule has 0 radical (unpaired) electrons. The number of para-hydroxylation sites is 1. The Hall–Kier alpha value is -3.19. The second-order valence-electron chi connectivity index (χ2n) is 5.63. The van der Waals surface area contributed by atoms with E-state index in [4.69, 9.17) is 4.74 Å². The van der Waals surface area contributed by atoms with E-state index < -0.39 is 0 Å². The van der Waals surface area contributed by atoms with Crippen molar-refractivity contribution in [3.63, 3.8) is 0 Å². The molecule has 1 heterocycles. The number of methoxy groups -OCH3 is 1. The maximum Gasteiger partial charge on any atom is 0.337 e. The quantitative estimate of drug-likeness (QED) is 0.631. The summed E-state index contributed by atoms with van der Waals surface area (Å²) >= 11 is 1.42. The molecule has 0 fully saturated rings. The number of ether oxygens (including phenoxy) is 2. The molecule has 6 nitrogen and oxygen atoms in total. The molecule has 1 N–H and O–H groups in total. The van der Waals surface area contributed by atoms with E-state index in [1.165, 1.54) is 18.4 Å². The molecule has 0 aliphatic carbocycles. The summed E-state index contributed by atoms with van der Waals surface area (Å²) in [5.74, 6) is 0.125. The van der Waals surface area contributed by atoms with Gasteiger partial charge in [0.1, 0.15) is 17.4 Å². The fraction of sp³-hybridized carbons (Fsp3) is 0.150. The SMILES string of the molecule is COC(=O)c1ccc(OCc2csc(CC(=O)Nc3ccccc3)n2)cc1. The van der Waals surface area contributed by atoms with Gasteiger partial charge in [0.2, 0.25) is 5.91 Å². The smallest absolute Gasteiger partial charge is 0.337 e. The maximum atomic E-state index is 12.1. The predicted molar refractivity (Wildman–Crippen MR) is 103 cm³/mol. The highest BCUT2D eigenvalue weighted by atomic mass is 32.1. The van der Waals surface area contributed by atoms with Crippen LogP contribution in [0.1, 0.15) is 21.1 Å². The third kappa shape index (κ3) is 5.39. The number of carbonyl (C=O) groups excluding carboxylic acids is 2. The number of aromatic nitrogens is 1. The molecule has 0 saturated carbocycles. The van der Waals surface area contributed by atoms with E-state index in [9.17, 15) is 9.59 Å². The number of nitrogens with zero attached hydrogens (tertiary/aromatic N) is 1. The van der Waals surface area contributed by atoms with Crippen LogP contribution in [0, 0.1) is 0 Å². The Labute approximate surface area is 160 Å². The Balaban J connectivity index is 1.50. The second kappa shape index (κ2) is 8.95. The highest BCUT2D eigenvalue weighted by molar-refractivity contribution is 7.09. The first-order valence-corrected chi connectivity index (χ1v) is 9.11. The van der Waals surface area contributed by atoms with E-state index in [0.717, 1.165) is 16.4 Å². The van der Waals surface area contributed by atoms with Crippen molar-refractivity contribution in [2.24, 2.45) is 0 Å². The number of nitrogens with one attached hydrogen (secondary N) is 1. The molecule has 2 aromatic carbocycles. The predicted octanol–water partition coefficient (Wildman–Crippen LogP) is 3.69. The largest absolute Gasteiger partial charge is 0.487 e. The molecular weight excluding hydrogens is 364 g/mol. The number of anilines is 1. The van der Waals surface area contributed by atoms with E-state index in [1.54, 1.807) is 24.3 Å². The molecule has 0 aliphatic heterocycles. The highest BCUT2D eigenvalue weighted by Gasteiger charge is 2.09. The van der Waals surface area contributed by atoms with Gasteiger partial charge in [-0.2, -0.15) is 0 Å². The lowest BCUT2D eigenvalue weighted by atomic mass is 10.2. The van der Waals surface area contributed by atoms with Crippen molar-refractivity contribution < 1.29 is 19.1 Å². The third-order valence-corrected chi connectivity index (χ3v) is 4.53. The Kier molecular flexibility index (Phi) is 6.17.